The molecule has 1 rings (SSSR count). The number of hydrogen-bond acceptors (Lipinski definition) is 5. The Kier molecular flexibility index (Phi) is 25.8. The number of ether oxygens (including phenoxy) is 2. The molecule has 0 saturated carbocycles. The van der Waals surface area contributed by atoms with E-state index in [4.69, 9.17) is 9.47 Å². The van der Waals surface area contributed by atoms with Crippen molar-refractivity contribution in [3.63, 3.8) is 0 Å². The fourth-order valence-electron chi connectivity index (χ4n) is 7.71. The van der Waals surface area contributed by atoms with E-state index in [0.717, 1.165) is 64.5 Å². The molecule has 0 aromatic carbocycles. The molecule has 0 amide bonds. The summed E-state index contributed by atoms with van der Waals surface area (Å²) >= 11 is 0. The van der Waals surface area contributed by atoms with E-state index < -0.39 is 5.41 Å². The van der Waals surface area contributed by atoms with E-state index in [0.29, 0.717) is 24.9 Å². The predicted molar refractivity (Wildman–Crippen MR) is 210 cm³/mol. The molecule has 1 saturated heterocycles. The summed E-state index contributed by atoms with van der Waals surface area (Å²) in [6.07, 6.45) is 30.5. The number of unbranched alkanes of at least 4 members (excludes halogenated alkanes) is 15. The molecule has 0 aromatic rings. The molecule has 1 heterocycles. The van der Waals surface area contributed by atoms with Gasteiger partial charge in [0.05, 0.1) is 12.0 Å². The maximum Gasteiger partial charge on any atom is 0.312 e. The van der Waals surface area contributed by atoms with Crippen LogP contribution in [-0.2, 0) is 19.1 Å². The van der Waals surface area contributed by atoms with Gasteiger partial charge in [-0.3, -0.25) is 9.59 Å². The average molecular weight is 692 g/mol. The SMILES string of the molecule is CCCCCCCCCC(CCCCCCCCC(=O)OCC(CCCC)CCCCCC)OC(=O)C(C)(C)C(C)(C)C1CCCN(C)C1. The van der Waals surface area contributed by atoms with Crippen molar-refractivity contribution >= 4 is 11.9 Å². The summed E-state index contributed by atoms with van der Waals surface area (Å²) in [6.45, 7) is 18.4. The first-order valence-electron chi connectivity index (χ1n) is 21.5. The van der Waals surface area contributed by atoms with E-state index in [1.165, 1.54) is 109 Å². The van der Waals surface area contributed by atoms with Crippen LogP contribution in [0.4, 0.5) is 0 Å². The van der Waals surface area contributed by atoms with Crippen molar-refractivity contribution in [3.05, 3.63) is 0 Å². The smallest absolute Gasteiger partial charge is 0.312 e. The third kappa shape index (κ3) is 19.9. The number of likely N-dealkylation sites (tertiary alicyclic amines) is 1. The van der Waals surface area contributed by atoms with Crippen LogP contribution < -0.4 is 0 Å². The van der Waals surface area contributed by atoms with E-state index >= 15 is 0 Å². The van der Waals surface area contributed by atoms with Crippen molar-refractivity contribution in [2.24, 2.45) is 22.7 Å². The van der Waals surface area contributed by atoms with Crippen molar-refractivity contribution in [2.75, 3.05) is 26.7 Å². The topological polar surface area (TPSA) is 55.8 Å². The Bertz CT molecular complexity index is 824. The third-order valence-electron chi connectivity index (χ3n) is 12.2. The fraction of sp³-hybridized carbons (Fsp3) is 0.955. The van der Waals surface area contributed by atoms with Crippen LogP contribution in [0.2, 0.25) is 0 Å². The van der Waals surface area contributed by atoms with Crippen molar-refractivity contribution in [1.82, 2.24) is 4.90 Å². The summed E-state index contributed by atoms with van der Waals surface area (Å²) < 4.78 is 12.2. The van der Waals surface area contributed by atoms with Gasteiger partial charge in [-0.25, -0.2) is 0 Å². The number of nitrogens with zero attached hydrogens (tertiary/aromatic N) is 1. The Labute approximate surface area is 306 Å². The number of rotatable bonds is 31. The minimum absolute atomic E-state index is 0.00117. The molecule has 0 spiro atoms. The molecule has 49 heavy (non-hydrogen) atoms. The van der Waals surface area contributed by atoms with Gasteiger partial charge < -0.3 is 14.4 Å². The number of piperidine rings is 1. The Balaban J connectivity index is 2.47. The average Bonchev–Trinajstić information content (AvgIpc) is 3.07. The van der Waals surface area contributed by atoms with Crippen molar-refractivity contribution in [1.29, 1.82) is 0 Å². The molecule has 5 nitrogen and oxygen atoms in total. The van der Waals surface area contributed by atoms with Crippen LogP contribution in [0.1, 0.15) is 215 Å². The van der Waals surface area contributed by atoms with Gasteiger partial charge in [-0.05, 0) is 102 Å². The lowest BCUT2D eigenvalue weighted by Gasteiger charge is -2.48. The Morgan fingerprint density at radius 2 is 1.16 bits per heavy atom. The van der Waals surface area contributed by atoms with Crippen molar-refractivity contribution in [2.45, 2.75) is 222 Å². The monoisotopic (exact) mass is 692 g/mol. The Morgan fingerprint density at radius 3 is 1.73 bits per heavy atom. The first-order chi connectivity index (χ1) is 23.5. The zero-order valence-electron chi connectivity index (χ0n) is 34.3. The second kappa shape index (κ2) is 27.5. The first kappa shape index (κ1) is 45.9. The lowest BCUT2D eigenvalue weighted by molar-refractivity contribution is -0.171. The molecule has 3 atom stereocenters. The molecular weight excluding hydrogens is 606 g/mol. The zero-order valence-corrected chi connectivity index (χ0v) is 34.3. The molecule has 0 bridgehead atoms. The lowest BCUT2D eigenvalue weighted by Crippen LogP contribution is -2.50. The van der Waals surface area contributed by atoms with Crippen molar-refractivity contribution in [3.8, 4) is 0 Å². The molecule has 1 aliphatic rings. The Hall–Kier alpha value is -1.10. The molecule has 0 aliphatic carbocycles. The molecule has 3 unspecified atom stereocenters. The largest absolute Gasteiger partial charge is 0.465 e. The summed E-state index contributed by atoms with van der Waals surface area (Å²) in [5.41, 5.74) is -0.652. The third-order valence-corrected chi connectivity index (χ3v) is 12.2. The van der Waals surface area contributed by atoms with Crippen LogP contribution in [-0.4, -0.2) is 49.7 Å². The molecule has 290 valence electrons. The van der Waals surface area contributed by atoms with Gasteiger partial charge in [-0.2, -0.15) is 0 Å². The zero-order chi connectivity index (χ0) is 36.4. The minimum atomic E-state index is -0.527. The van der Waals surface area contributed by atoms with Crippen LogP contribution in [0.5, 0.6) is 0 Å². The molecule has 5 heteroatoms. The summed E-state index contributed by atoms with van der Waals surface area (Å²) in [4.78, 5) is 28.7. The maximum atomic E-state index is 13.8. The van der Waals surface area contributed by atoms with Gasteiger partial charge >= 0.3 is 11.9 Å². The molecule has 1 aliphatic heterocycles. The van der Waals surface area contributed by atoms with Crippen LogP contribution >= 0.6 is 0 Å². The Morgan fingerprint density at radius 1 is 0.673 bits per heavy atom. The highest BCUT2D eigenvalue weighted by atomic mass is 16.5. The van der Waals surface area contributed by atoms with Crippen LogP contribution in [0.25, 0.3) is 0 Å². The molecule has 0 N–H and O–H groups in total. The van der Waals surface area contributed by atoms with Gasteiger partial charge in [0, 0.05) is 13.0 Å². The lowest BCUT2D eigenvalue weighted by atomic mass is 9.59. The second-order valence-corrected chi connectivity index (χ2v) is 17.1. The van der Waals surface area contributed by atoms with E-state index in [1.54, 1.807) is 0 Å². The van der Waals surface area contributed by atoms with E-state index in [-0.39, 0.29) is 23.5 Å². The molecule has 0 radical (unpaired) electrons. The van der Waals surface area contributed by atoms with E-state index in [9.17, 15) is 9.59 Å². The molecule has 1 fully saturated rings. The highest BCUT2D eigenvalue weighted by molar-refractivity contribution is 5.77. The van der Waals surface area contributed by atoms with Gasteiger partial charge in [-0.1, -0.05) is 137 Å². The first-order valence-corrected chi connectivity index (χ1v) is 21.5. The fourth-order valence-corrected chi connectivity index (χ4v) is 7.71. The van der Waals surface area contributed by atoms with Crippen LogP contribution in [0, 0.1) is 22.7 Å². The van der Waals surface area contributed by atoms with Gasteiger partial charge in [0.1, 0.15) is 6.10 Å². The standard InChI is InChI=1S/C44H85NO4/c1-9-12-15-17-18-21-25-32-40(49-42(47)44(6,7)43(4,5)39-31-28-35-45(8)36-39)33-26-22-19-20-23-27-34-41(46)48-37-38(29-14-11-3)30-24-16-13-10-2/h38-40H,9-37H2,1-8H3. The molecule has 0 aromatic heterocycles. The summed E-state index contributed by atoms with van der Waals surface area (Å²) in [6, 6.07) is 0. The number of esters is 2. The summed E-state index contributed by atoms with van der Waals surface area (Å²) in [5, 5.41) is 0. The van der Waals surface area contributed by atoms with Gasteiger partial charge in [0.2, 0.25) is 0 Å². The van der Waals surface area contributed by atoms with E-state index in [2.05, 4.69) is 60.4 Å². The van der Waals surface area contributed by atoms with Crippen molar-refractivity contribution < 1.29 is 19.1 Å². The number of carbonyl (C=O) groups is 2. The van der Waals surface area contributed by atoms with Crippen LogP contribution in [0.15, 0.2) is 0 Å². The predicted octanol–water partition coefficient (Wildman–Crippen LogP) is 12.9. The molecular formula is C44H85NO4. The number of hydrogen-bond donors (Lipinski definition) is 0. The highest BCUT2D eigenvalue weighted by Crippen LogP contribution is 2.48. The second-order valence-electron chi connectivity index (χ2n) is 17.1. The summed E-state index contributed by atoms with van der Waals surface area (Å²) in [7, 11) is 2.21. The van der Waals surface area contributed by atoms with Crippen LogP contribution in [0.3, 0.4) is 0 Å². The van der Waals surface area contributed by atoms with Gasteiger partial charge in [0.25, 0.3) is 0 Å². The van der Waals surface area contributed by atoms with Gasteiger partial charge in [-0.15, -0.1) is 0 Å². The number of carbonyl (C=O) groups excluding carboxylic acids is 2. The maximum absolute atomic E-state index is 13.8. The summed E-state index contributed by atoms with van der Waals surface area (Å²) in [5.74, 6) is 1.02. The minimum Gasteiger partial charge on any atom is -0.465 e. The highest BCUT2D eigenvalue weighted by Gasteiger charge is 2.49. The van der Waals surface area contributed by atoms with E-state index in [1.807, 2.05) is 0 Å². The van der Waals surface area contributed by atoms with Gasteiger partial charge in [0.15, 0.2) is 0 Å². The quantitative estimate of drug-likeness (QED) is 0.0535. The normalized spacial score (nSPS) is 17.2.